The van der Waals surface area contributed by atoms with E-state index in [1.54, 1.807) is 84.9 Å². The topological polar surface area (TPSA) is 184 Å². The molecule has 0 radical (unpaired) electrons. The second kappa shape index (κ2) is 37.9. The summed E-state index contributed by atoms with van der Waals surface area (Å²) in [7, 11) is -4.83. The van der Waals surface area contributed by atoms with Crippen LogP contribution in [0.2, 0.25) is 0 Å². The number of aliphatic hydroxyl groups excluding tert-OH is 1. The second-order valence-corrected chi connectivity index (χ2v) is 23.2. The fraction of sp³-hybridized carbons (Fsp3) is 0.632. The standard InChI is InChI=1S/C57H83Cl3NO14P/c1-3-5-7-9-11-13-14-16-18-20-31-39-50(62)71-46(34-26-19-17-15-12-10-8-6-4-2)40-41-67-53-51(61-55(64)70-44-57(58,59)60)54(63)72-49(43-69-56(65)68-42-45-32-24-21-25-33-45)52(53)75-76(66,73-47-35-27-22-28-36-47)74-48-37-29-23-30-38-48/h21-25,27-30,32-33,35-38,46,49,51-54,63H,3-20,26,31,34,39-44H2,1-2H3,(H,61,64)/t46-,49+,51-,52+,53+,54-/m0/s1. The number of rotatable bonds is 39. The maximum atomic E-state index is 15.1. The molecule has 1 saturated heterocycles. The molecule has 19 heteroatoms. The smallest absolute Gasteiger partial charge is 0.462 e. The molecule has 0 aliphatic carbocycles. The van der Waals surface area contributed by atoms with Crippen LogP contribution in [0, 0.1) is 0 Å². The number of carbonyl (C=O) groups is 3. The van der Waals surface area contributed by atoms with E-state index in [4.69, 9.17) is 76.8 Å². The SMILES string of the molecule is CCCCCCCCCCCCCC(=O)O[C@@H](CCCCCCCCCCC)CCO[C@@H]1[C@H](NC(=O)OCC(Cl)(Cl)Cl)[C@@H](O)O[C@H](COC(=O)OCc2ccccc2)[C@H]1OP(=O)(Oc1ccccc1)Oc1ccccc1. The highest BCUT2D eigenvalue weighted by Crippen LogP contribution is 2.52. The van der Waals surface area contributed by atoms with E-state index in [0.29, 0.717) is 12.0 Å². The summed E-state index contributed by atoms with van der Waals surface area (Å²) in [5.74, 6) is -0.0932. The monoisotopic (exact) mass is 1140 g/mol. The highest BCUT2D eigenvalue weighted by Gasteiger charge is 2.52. The van der Waals surface area contributed by atoms with Crippen molar-refractivity contribution in [3.05, 3.63) is 96.6 Å². The number of hydrogen-bond acceptors (Lipinski definition) is 14. The average molecular weight is 1140 g/mol. The molecule has 0 bridgehead atoms. The van der Waals surface area contributed by atoms with E-state index in [9.17, 15) is 19.5 Å². The van der Waals surface area contributed by atoms with Crippen LogP contribution in [0.25, 0.3) is 0 Å². The van der Waals surface area contributed by atoms with Crippen LogP contribution in [-0.4, -0.2) is 83.7 Å². The van der Waals surface area contributed by atoms with E-state index in [2.05, 4.69) is 19.2 Å². The number of carbonyl (C=O) groups excluding carboxylic acids is 3. The number of halogens is 3. The third kappa shape index (κ3) is 28.2. The van der Waals surface area contributed by atoms with Gasteiger partial charge in [0.1, 0.15) is 61.8 Å². The Bertz CT molecular complexity index is 2010. The first kappa shape index (κ1) is 64.7. The van der Waals surface area contributed by atoms with Gasteiger partial charge < -0.3 is 47.9 Å². The lowest BCUT2D eigenvalue weighted by Crippen LogP contribution is -2.65. The first-order chi connectivity index (χ1) is 36.8. The number of alkyl carbamates (subject to hydrolysis) is 1. The van der Waals surface area contributed by atoms with Crippen molar-refractivity contribution in [2.75, 3.05) is 19.8 Å². The molecule has 2 N–H and O–H groups in total. The molecule has 0 unspecified atom stereocenters. The number of esters is 1. The van der Waals surface area contributed by atoms with Crippen molar-refractivity contribution in [2.45, 2.75) is 209 Å². The second-order valence-electron chi connectivity index (χ2n) is 19.2. The molecule has 426 valence electrons. The van der Waals surface area contributed by atoms with Gasteiger partial charge >= 0.3 is 26.0 Å². The Morgan fingerprint density at radius 2 is 1.14 bits per heavy atom. The Hall–Kier alpha value is -3.79. The van der Waals surface area contributed by atoms with Gasteiger partial charge in [0.05, 0.1) is 6.61 Å². The third-order valence-electron chi connectivity index (χ3n) is 12.7. The molecule has 1 heterocycles. The summed E-state index contributed by atoms with van der Waals surface area (Å²) in [5.41, 5.74) is 0.696. The molecule has 3 aromatic carbocycles. The quantitative estimate of drug-likeness (QED) is 0.0181. The largest absolute Gasteiger partial charge is 0.588 e. The Morgan fingerprint density at radius 1 is 0.645 bits per heavy atom. The number of benzene rings is 3. The number of unbranched alkanes of at least 4 members (excludes halogenated alkanes) is 18. The molecule has 4 rings (SSSR count). The van der Waals surface area contributed by atoms with Crippen LogP contribution in [0.3, 0.4) is 0 Å². The molecule has 76 heavy (non-hydrogen) atoms. The van der Waals surface area contributed by atoms with Crippen LogP contribution >= 0.6 is 42.6 Å². The first-order valence-corrected chi connectivity index (χ1v) is 30.1. The normalized spacial score (nSPS) is 18.1. The highest BCUT2D eigenvalue weighted by molar-refractivity contribution is 7.49. The Kier molecular flexibility index (Phi) is 32.3. The lowest BCUT2D eigenvalue weighted by atomic mass is 9.96. The molecule has 0 spiro atoms. The van der Waals surface area contributed by atoms with E-state index in [1.165, 1.54) is 77.0 Å². The van der Waals surface area contributed by atoms with Gasteiger partial charge in [-0.2, -0.15) is 0 Å². The summed E-state index contributed by atoms with van der Waals surface area (Å²) in [6.45, 7) is 2.87. The van der Waals surface area contributed by atoms with E-state index in [1.807, 2.05) is 6.07 Å². The molecule has 1 aliphatic heterocycles. The van der Waals surface area contributed by atoms with Gasteiger partial charge in [-0.25, -0.2) is 14.2 Å². The number of aliphatic hydroxyl groups is 1. The molecule has 0 aromatic heterocycles. The molecular weight excluding hydrogens is 1060 g/mol. The number of hydrogen-bond donors (Lipinski definition) is 2. The fourth-order valence-corrected chi connectivity index (χ4v) is 10.3. The number of phosphoric ester groups is 1. The molecule has 1 aliphatic rings. The van der Waals surface area contributed by atoms with E-state index < -0.39 is 73.8 Å². The average Bonchev–Trinajstić information content (AvgIpc) is 3.41. The highest BCUT2D eigenvalue weighted by atomic mass is 35.6. The van der Waals surface area contributed by atoms with Crippen LogP contribution in [0.5, 0.6) is 11.5 Å². The van der Waals surface area contributed by atoms with Crippen molar-refractivity contribution in [1.29, 1.82) is 0 Å². The lowest BCUT2D eigenvalue weighted by Gasteiger charge is -2.44. The molecular formula is C57H83Cl3NO14P. The minimum Gasteiger partial charge on any atom is -0.462 e. The lowest BCUT2D eigenvalue weighted by molar-refractivity contribution is -0.258. The molecule has 6 atom stereocenters. The van der Waals surface area contributed by atoms with Crippen molar-refractivity contribution < 1.29 is 66.0 Å². The zero-order chi connectivity index (χ0) is 54.7. The first-order valence-electron chi connectivity index (χ1n) is 27.5. The van der Waals surface area contributed by atoms with Gasteiger partial charge in [-0.1, -0.05) is 231 Å². The van der Waals surface area contributed by atoms with Gasteiger partial charge in [0.25, 0.3) is 0 Å². The summed E-state index contributed by atoms with van der Waals surface area (Å²) in [6.07, 6.45) is 14.5. The van der Waals surface area contributed by atoms with Gasteiger partial charge in [-0.05, 0) is 49.1 Å². The minimum absolute atomic E-state index is 0.104. The predicted molar refractivity (Wildman–Crippen MR) is 296 cm³/mol. The van der Waals surface area contributed by atoms with Crippen molar-refractivity contribution in [2.24, 2.45) is 0 Å². The summed E-state index contributed by atoms with van der Waals surface area (Å²) >= 11 is 17.7. The van der Waals surface area contributed by atoms with Gasteiger partial charge in [-0.15, -0.1) is 0 Å². The van der Waals surface area contributed by atoms with E-state index in [0.717, 1.165) is 51.4 Å². The third-order valence-corrected chi connectivity index (χ3v) is 14.4. The molecule has 0 saturated carbocycles. The van der Waals surface area contributed by atoms with E-state index in [-0.39, 0.29) is 43.5 Å². The van der Waals surface area contributed by atoms with Gasteiger partial charge in [0.2, 0.25) is 3.79 Å². The number of phosphoric acid groups is 1. The van der Waals surface area contributed by atoms with Crippen molar-refractivity contribution in [1.82, 2.24) is 5.32 Å². The summed E-state index contributed by atoms with van der Waals surface area (Å²) in [4.78, 5) is 39.9. The molecule has 1 amide bonds. The van der Waals surface area contributed by atoms with Crippen LogP contribution in [0.4, 0.5) is 9.59 Å². The van der Waals surface area contributed by atoms with Crippen LogP contribution < -0.4 is 14.4 Å². The Morgan fingerprint density at radius 3 is 1.67 bits per heavy atom. The minimum atomic E-state index is -4.83. The Labute approximate surface area is 466 Å². The van der Waals surface area contributed by atoms with Crippen LogP contribution in [0.1, 0.15) is 167 Å². The number of nitrogens with one attached hydrogen (secondary N) is 1. The zero-order valence-electron chi connectivity index (χ0n) is 44.6. The van der Waals surface area contributed by atoms with Gasteiger partial charge in [-0.3, -0.25) is 9.32 Å². The summed E-state index contributed by atoms with van der Waals surface area (Å²) < 4.78 is 66.3. The van der Waals surface area contributed by atoms with Crippen molar-refractivity contribution >= 4 is 60.8 Å². The Balaban J connectivity index is 1.59. The van der Waals surface area contributed by atoms with E-state index >= 15 is 4.57 Å². The molecule has 15 nitrogen and oxygen atoms in total. The van der Waals surface area contributed by atoms with Gasteiger partial charge in [0, 0.05) is 12.8 Å². The maximum Gasteiger partial charge on any atom is 0.588 e. The van der Waals surface area contributed by atoms with Gasteiger partial charge in [0.15, 0.2) is 6.29 Å². The predicted octanol–water partition coefficient (Wildman–Crippen LogP) is 15.5. The fourth-order valence-electron chi connectivity index (χ4n) is 8.66. The summed E-state index contributed by atoms with van der Waals surface area (Å²) in [5, 5.41) is 14.2. The van der Waals surface area contributed by atoms with Crippen LogP contribution in [-0.2, 0) is 48.9 Å². The van der Waals surface area contributed by atoms with Crippen molar-refractivity contribution in [3.8, 4) is 11.5 Å². The maximum absolute atomic E-state index is 15.1. The number of alkyl halides is 3. The number of amides is 1. The zero-order valence-corrected chi connectivity index (χ0v) is 47.7. The van der Waals surface area contributed by atoms with Crippen LogP contribution in [0.15, 0.2) is 91.0 Å². The number of ether oxygens (including phenoxy) is 6. The van der Waals surface area contributed by atoms with Crippen molar-refractivity contribution in [3.63, 3.8) is 0 Å². The molecule has 1 fully saturated rings. The summed E-state index contributed by atoms with van der Waals surface area (Å²) in [6, 6.07) is 23.7. The molecule has 3 aromatic rings. The number of para-hydroxylation sites is 2.